The molecule has 1 aromatic heterocycles. The number of carbonyl (C=O) groups is 1. The molecule has 0 aliphatic rings. The van der Waals surface area contributed by atoms with E-state index in [1.54, 1.807) is 19.4 Å². The summed E-state index contributed by atoms with van der Waals surface area (Å²) in [6.07, 6.45) is 4.83. The van der Waals surface area contributed by atoms with Crippen molar-refractivity contribution in [2.24, 2.45) is 0 Å². The van der Waals surface area contributed by atoms with E-state index in [0.29, 0.717) is 6.54 Å². The van der Waals surface area contributed by atoms with Gasteiger partial charge in [-0.25, -0.2) is 4.98 Å². The highest BCUT2D eigenvalue weighted by molar-refractivity contribution is 5.80. The molecule has 3 rings (SSSR count). The molecule has 1 heterocycles. The Bertz CT molecular complexity index is 915. The Morgan fingerprint density at radius 2 is 1.93 bits per heavy atom. The van der Waals surface area contributed by atoms with E-state index in [0.717, 1.165) is 33.7 Å². The number of benzene rings is 2. The Morgan fingerprint density at radius 1 is 1.19 bits per heavy atom. The van der Waals surface area contributed by atoms with Crippen molar-refractivity contribution in [3.8, 4) is 11.4 Å². The van der Waals surface area contributed by atoms with Gasteiger partial charge in [0.05, 0.1) is 6.33 Å². The van der Waals surface area contributed by atoms with E-state index in [-0.39, 0.29) is 5.91 Å². The van der Waals surface area contributed by atoms with Crippen LogP contribution in [-0.4, -0.2) is 21.6 Å². The predicted molar refractivity (Wildman–Crippen MR) is 106 cm³/mol. The van der Waals surface area contributed by atoms with Crippen LogP contribution in [0.2, 0.25) is 0 Å². The van der Waals surface area contributed by atoms with Crippen molar-refractivity contribution in [1.29, 1.82) is 0 Å². The second-order valence-electron chi connectivity index (χ2n) is 6.82. The van der Waals surface area contributed by atoms with E-state index in [1.165, 1.54) is 0 Å². The van der Waals surface area contributed by atoms with Crippen molar-refractivity contribution < 1.29 is 9.53 Å². The molecule has 1 N–H and O–H groups in total. The number of ether oxygens (including phenoxy) is 1. The summed E-state index contributed by atoms with van der Waals surface area (Å²) >= 11 is 0. The first-order valence-corrected chi connectivity index (χ1v) is 9.03. The van der Waals surface area contributed by atoms with Gasteiger partial charge in [-0.05, 0) is 68.1 Å². The lowest BCUT2D eigenvalue weighted by Crippen LogP contribution is -2.36. The van der Waals surface area contributed by atoms with Gasteiger partial charge in [0.25, 0.3) is 5.91 Å². The summed E-state index contributed by atoms with van der Waals surface area (Å²) in [5, 5.41) is 2.94. The number of nitrogens with zero attached hydrogens (tertiary/aromatic N) is 2. The lowest BCUT2D eigenvalue weighted by molar-refractivity contribution is -0.127. The van der Waals surface area contributed by atoms with Gasteiger partial charge in [-0.1, -0.05) is 18.2 Å². The monoisotopic (exact) mass is 363 g/mol. The van der Waals surface area contributed by atoms with Crippen LogP contribution >= 0.6 is 0 Å². The van der Waals surface area contributed by atoms with Crippen molar-refractivity contribution in [3.05, 3.63) is 77.4 Å². The van der Waals surface area contributed by atoms with Crippen LogP contribution in [0.15, 0.2) is 55.1 Å². The first-order chi connectivity index (χ1) is 12.9. The molecule has 1 atom stereocenters. The summed E-state index contributed by atoms with van der Waals surface area (Å²) in [6, 6.07) is 12.1. The Hall–Kier alpha value is -3.08. The molecule has 2 aromatic carbocycles. The van der Waals surface area contributed by atoms with Gasteiger partial charge in [-0.3, -0.25) is 4.79 Å². The molecule has 5 nitrogen and oxygen atoms in total. The largest absolute Gasteiger partial charge is 0.481 e. The summed E-state index contributed by atoms with van der Waals surface area (Å²) in [4.78, 5) is 16.5. The van der Waals surface area contributed by atoms with Gasteiger partial charge >= 0.3 is 0 Å². The van der Waals surface area contributed by atoms with Crippen molar-refractivity contribution in [2.75, 3.05) is 0 Å². The van der Waals surface area contributed by atoms with E-state index >= 15 is 0 Å². The van der Waals surface area contributed by atoms with Crippen LogP contribution in [0.5, 0.6) is 5.75 Å². The van der Waals surface area contributed by atoms with Crippen molar-refractivity contribution in [1.82, 2.24) is 14.9 Å². The highest BCUT2D eigenvalue weighted by atomic mass is 16.5. The Balaban J connectivity index is 1.57. The van der Waals surface area contributed by atoms with Crippen LogP contribution < -0.4 is 10.1 Å². The predicted octanol–water partition coefficient (Wildman–Crippen LogP) is 3.88. The molecule has 0 radical (unpaired) electrons. The smallest absolute Gasteiger partial charge is 0.261 e. The van der Waals surface area contributed by atoms with Gasteiger partial charge in [0.1, 0.15) is 5.75 Å². The number of aryl methyl sites for hydroxylation is 2. The van der Waals surface area contributed by atoms with E-state index in [9.17, 15) is 4.79 Å². The summed E-state index contributed by atoms with van der Waals surface area (Å²) in [7, 11) is 0. The lowest BCUT2D eigenvalue weighted by atomic mass is 10.1. The number of rotatable bonds is 6. The Kier molecular flexibility index (Phi) is 5.60. The summed E-state index contributed by atoms with van der Waals surface area (Å²) in [5.41, 5.74) is 5.41. The average molecular weight is 363 g/mol. The molecule has 0 bridgehead atoms. The molecule has 0 unspecified atom stereocenters. The zero-order chi connectivity index (χ0) is 19.4. The van der Waals surface area contributed by atoms with Crippen LogP contribution in [0, 0.1) is 20.8 Å². The van der Waals surface area contributed by atoms with Crippen LogP contribution in [0.3, 0.4) is 0 Å². The van der Waals surface area contributed by atoms with E-state index < -0.39 is 6.10 Å². The number of carbonyl (C=O) groups excluding carboxylic acids is 1. The summed E-state index contributed by atoms with van der Waals surface area (Å²) in [6.45, 7) is 8.32. The molecule has 3 aromatic rings. The zero-order valence-electron chi connectivity index (χ0n) is 16.2. The maximum Gasteiger partial charge on any atom is 0.261 e. The standard InChI is InChI=1S/C22H25N3O2/c1-15-11-16(2)17(3)21(12-15)27-18(4)22(26)24-13-19-5-7-20(8-6-19)25-10-9-23-14-25/h5-12,14,18H,13H2,1-4H3,(H,24,26)/t18-/m0/s1. The molecule has 0 aliphatic carbocycles. The summed E-state index contributed by atoms with van der Waals surface area (Å²) in [5.74, 6) is 0.632. The number of hydrogen-bond donors (Lipinski definition) is 1. The molecular weight excluding hydrogens is 338 g/mol. The van der Waals surface area contributed by atoms with Crippen LogP contribution in [0.1, 0.15) is 29.2 Å². The van der Waals surface area contributed by atoms with Crippen molar-refractivity contribution >= 4 is 5.91 Å². The number of imidazole rings is 1. The number of hydrogen-bond acceptors (Lipinski definition) is 3. The maximum absolute atomic E-state index is 12.4. The molecule has 5 heteroatoms. The number of aromatic nitrogens is 2. The summed E-state index contributed by atoms with van der Waals surface area (Å²) < 4.78 is 7.84. The molecule has 27 heavy (non-hydrogen) atoms. The third kappa shape index (κ3) is 4.56. The molecule has 0 saturated carbocycles. The first kappa shape index (κ1) is 18.7. The lowest BCUT2D eigenvalue weighted by Gasteiger charge is -2.18. The molecule has 140 valence electrons. The molecule has 1 amide bonds. The van der Waals surface area contributed by atoms with Gasteiger partial charge in [-0.2, -0.15) is 0 Å². The van der Waals surface area contributed by atoms with Gasteiger partial charge < -0.3 is 14.6 Å². The minimum Gasteiger partial charge on any atom is -0.481 e. The second kappa shape index (κ2) is 8.08. The van der Waals surface area contributed by atoms with Crippen molar-refractivity contribution in [3.63, 3.8) is 0 Å². The first-order valence-electron chi connectivity index (χ1n) is 9.03. The minimum atomic E-state index is -0.560. The topological polar surface area (TPSA) is 56.1 Å². The van der Waals surface area contributed by atoms with Gasteiger partial charge in [0, 0.05) is 24.6 Å². The Labute approximate surface area is 160 Å². The van der Waals surface area contributed by atoms with Gasteiger partial charge in [-0.15, -0.1) is 0 Å². The van der Waals surface area contributed by atoms with Crippen molar-refractivity contribution in [2.45, 2.75) is 40.3 Å². The van der Waals surface area contributed by atoms with Crippen LogP contribution in [-0.2, 0) is 11.3 Å². The van der Waals surface area contributed by atoms with E-state index in [4.69, 9.17) is 4.74 Å². The third-order valence-corrected chi connectivity index (χ3v) is 4.64. The average Bonchev–Trinajstić information content (AvgIpc) is 3.18. The third-order valence-electron chi connectivity index (χ3n) is 4.64. The minimum absolute atomic E-state index is 0.132. The fourth-order valence-corrected chi connectivity index (χ4v) is 2.90. The van der Waals surface area contributed by atoms with E-state index in [1.807, 2.05) is 61.9 Å². The SMILES string of the molecule is Cc1cc(C)c(C)c(O[C@@H](C)C(=O)NCc2ccc(-n3ccnc3)cc2)c1. The Morgan fingerprint density at radius 3 is 2.59 bits per heavy atom. The van der Waals surface area contributed by atoms with Gasteiger partial charge in [0.15, 0.2) is 6.10 Å². The van der Waals surface area contributed by atoms with Gasteiger partial charge in [0.2, 0.25) is 0 Å². The molecule has 0 spiro atoms. The fourth-order valence-electron chi connectivity index (χ4n) is 2.90. The quantitative estimate of drug-likeness (QED) is 0.723. The van der Waals surface area contributed by atoms with Crippen LogP contribution in [0.25, 0.3) is 5.69 Å². The highest BCUT2D eigenvalue weighted by Crippen LogP contribution is 2.24. The molecule has 0 saturated heterocycles. The molecule has 0 aliphatic heterocycles. The fraction of sp³-hybridized carbons (Fsp3) is 0.273. The molecular formula is C22H25N3O2. The maximum atomic E-state index is 12.4. The second-order valence-corrected chi connectivity index (χ2v) is 6.82. The molecule has 0 fully saturated rings. The zero-order valence-corrected chi connectivity index (χ0v) is 16.2. The van der Waals surface area contributed by atoms with E-state index in [2.05, 4.69) is 16.4 Å². The van der Waals surface area contributed by atoms with Crippen LogP contribution in [0.4, 0.5) is 0 Å². The number of nitrogens with one attached hydrogen (secondary N) is 1. The highest BCUT2D eigenvalue weighted by Gasteiger charge is 2.16. The normalized spacial score (nSPS) is 11.9. The number of amides is 1.